The molecule has 4 rings (SSSR count). The van der Waals surface area contributed by atoms with Crippen LogP contribution in [0.25, 0.3) is 0 Å². The quantitative estimate of drug-likeness (QED) is 0.698. The van der Waals surface area contributed by atoms with E-state index in [-0.39, 0.29) is 11.2 Å². The number of aromatic amines is 1. The molecule has 7 heteroatoms. The van der Waals surface area contributed by atoms with Crippen LogP contribution in [-0.2, 0) is 17.6 Å². The topological polar surface area (TPSA) is 61.9 Å². The highest BCUT2D eigenvalue weighted by atomic mass is 32.2. The van der Waals surface area contributed by atoms with Crippen molar-refractivity contribution < 1.29 is 4.79 Å². The van der Waals surface area contributed by atoms with Gasteiger partial charge in [-0.15, -0.1) is 16.4 Å². The van der Waals surface area contributed by atoms with E-state index in [9.17, 15) is 4.79 Å². The van der Waals surface area contributed by atoms with Crippen LogP contribution in [0.2, 0.25) is 0 Å². The fraction of sp³-hybridized carbons (Fsp3) is 0.278. The molecule has 1 N–H and O–H groups in total. The van der Waals surface area contributed by atoms with Gasteiger partial charge in [0.25, 0.3) is 0 Å². The Balaban J connectivity index is 1.41. The van der Waals surface area contributed by atoms with Gasteiger partial charge in [-0.2, -0.15) is 0 Å². The zero-order chi connectivity index (χ0) is 17.2. The molecule has 0 aliphatic carbocycles. The maximum atomic E-state index is 12.8. The summed E-state index contributed by atoms with van der Waals surface area (Å²) in [5, 5.41) is 9.68. The number of fused-ring (bicyclic) bond motifs is 1. The van der Waals surface area contributed by atoms with Crippen LogP contribution in [0.1, 0.15) is 23.2 Å². The summed E-state index contributed by atoms with van der Waals surface area (Å²) in [7, 11) is 0. The highest BCUT2D eigenvalue weighted by molar-refractivity contribution is 8.00. The minimum atomic E-state index is -0.225. The number of nitrogens with zero attached hydrogens (tertiary/aromatic N) is 3. The molecule has 1 unspecified atom stereocenters. The number of aromatic nitrogens is 3. The maximum absolute atomic E-state index is 12.8. The van der Waals surface area contributed by atoms with E-state index in [1.807, 2.05) is 36.1 Å². The summed E-state index contributed by atoms with van der Waals surface area (Å²) in [6.07, 6.45) is 1.66. The van der Waals surface area contributed by atoms with E-state index in [1.165, 1.54) is 22.2 Å². The Kier molecular flexibility index (Phi) is 4.59. The summed E-state index contributed by atoms with van der Waals surface area (Å²) >= 11 is 3.11. The van der Waals surface area contributed by atoms with Gasteiger partial charge in [-0.05, 0) is 36.4 Å². The number of nitrogens with one attached hydrogen (secondary N) is 1. The molecule has 3 heterocycles. The Hall–Kier alpha value is -2.12. The van der Waals surface area contributed by atoms with Crippen LogP contribution in [0.3, 0.4) is 0 Å². The van der Waals surface area contributed by atoms with Crippen molar-refractivity contribution in [3.63, 3.8) is 0 Å². The molecule has 0 fully saturated rings. The highest BCUT2D eigenvalue weighted by Gasteiger charge is 2.28. The number of anilines is 1. The molecule has 0 radical (unpaired) electrons. The summed E-state index contributed by atoms with van der Waals surface area (Å²) in [6, 6.07) is 12.2. The van der Waals surface area contributed by atoms with Crippen molar-refractivity contribution in [3.05, 3.63) is 58.0 Å². The van der Waals surface area contributed by atoms with Gasteiger partial charge in [0, 0.05) is 23.5 Å². The predicted octanol–water partition coefficient (Wildman–Crippen LogP) is 3.53. The first-order valence-electron chi connectivity index (χ1n) is 8.20. The number of carbonyl (C=O) groups is 1. The monoisotopic (exact) mass is 370 g/mol. The van der Waals surface area contributed by atoms with Crippen molar-refractivity contribution in [2.45, 2.75) is 30.2 Å². The number of para-hydroxylation sites is 1. The molecule has 1 aliphatic heterocycles. The Labute approximate surface area is 154 Å². The molecule has 0 bridgehead atoms. The van der Waals surface area contributed by atoms with E-state index in [0.717, 1.165) is 30.9 Å². The molecule has 1 aromatic carbocycles. The van der Waals surface area contributed by atoms with Crippen LogP contribution < -0.4 is 4.90 Å². The van der Waals surface area contributed by atoms with Gasteiger partial charge in [0.15, 0.2) is 0 Å². The largest absolute Gasteiger partial charge is 0.311 e. The average Bonchev–Trinajstić information content (AvgIpc) is 3.35. The van der Waals surface area contributed by atoms with Gasteiger partial charge in [0.2, 0.25) is 11.1 Å². The van der Waals surface area contributed by atoms with Crippen LogP contribution in [-0.4, -0.2) is 32.9 Å². The number of benzene rings is 1. The van der Waals surface area contributed by atoms with E-state index < -0.39 is 0 Å². The van der Waals surface area contributed by atoms with Gasteiger partial charge < -0.3 is 4.90 Å². The zero-order valence-corrected chi connectivity index (χ0v) is 15.4. The standard InChI is InChI=1S/C18H18N4OS2/c1-12(17(23)22-9-8-13-5-2-3-7-15(13)22)25-18-19-16(20-21-18)11-14-6-4-10-24-14/h2-7,10,12H,8-9,11H2,1H3,(H,19,20,21). The molecular weight excluding hydrogens is 352 g/mol. The lowest BCUT2D eigenvalue weighted by Crippen LogP contribution is -2.35. The van der Waals surface area contributed by atoms with Crippen molar-refractivity contribution in [2.24, 2.45) is 0 Å². The number of thioether (sulfide) groups is 1. The minimum absolute atomic E-state index is 0.111. The van der Waals surface area contributed by atoms with Gasteiger partial charge in [-0.1, -0.05) is 36.0 Å². The molecule has 1 amide bonds. The molecule has 128 valence electrons. The molecule has 0 saturated heterocycles. The van der Waals surface area contributed by atoms with Crippen LogP contribution in [0.4, 0.5) is 5.69 Å². The van der Waals surface area contributed by atoms with Gasteiger partial charge in [-0.3, -0.25) is 9.89 Å². The number of hydrogen-bond donors (Lipinski definition) is 1. The van der Waals surface area contributed by atoms with Crippen LogP contribution in [0.15, 0.2) is 46.9 Å². The van der Waals surface area contributed by atoms with Crippen molar-refractivity contribution in [3.8, 4) is 0 Å². The van der Waals surface area contributed by atoms with Gasteiger partial charge in [0.05, 0.1) is 5.25 Å². The number of thiophene rings is 1. The third-order valence-electron chi connectivity index (χ3n) is 4.22. The first-order chi connectivity index (χ1) is 12.2. The van der Waals surface area contributed by atoms with Gasteiger partial charge in [-0.25, -0.2) is 4.98 Å². The number of H-pyrrole nitrogens is 1. The first-order valence-corrected chi connectivity index (χ1v) is 9.96. The van der Waals surface area contributed by atoms with Crippen molar-refractivity contribution in [2.75, 3.05) is 11.4 Å². The highest BCUT2D eigenvalue weighted by Crippen LogP contribution is 2.30. The van der Waals surface area contributed by atoms with E-state index in [4.69, 9.17) is 0 Å². The van der Waals surface area contributed by atoms with E-state index in [1.54, 1.807) is 11.3 Å². The van der Waals surface area contributed by atoms with E-state index in [0.29, 0.717) is 5.16 Å². The Bertz CT molecular complexity index is 875. The predicted molar refractivity (Wildman–Crippen MR) is 101 cm³/mol. The smallest absolute Gasteiger partial charge is 0.240 e. The SMILES string of the molecule is CC(Sc1n[nH]c(Cc2cccs2)n1)C(=O)N1CCc2ccccc21. The summed E-state index contributed by atoms with van der Waals surface area (Å²) in [5.41, 5.74) is 2.28. The minimum Gasteiger partial charge on any atom is -0.311 e. The Morgan fingerprint density at radius 2 is 2.24 bits per heavy atom. The van der Waals surface area contributed by atoms with Crippen LogP contribution in [0, 0.1) is 0 Å². The number of amides is 1. The second-order valence-corrected chi connectivity index (χ2v) is 8.29. The second-order valence-electron chi connectivity index (χ2n) is 5.95. The molecule has 3 aromatic rings. The molecule has 0 saturated carbocycles. The lowest BCUT2D eigenvalue weighted by atomic mass is 10.2. The molecule has 2 aromatic heterocycles. The van der Waals surface area contributed by atoms with E-state index in [2.05, 4.69) is 32.7 Å². The Morgan fingerprint density at radius 3 is 3.08 bits per heavy atom. The molecule has 1 atom stereocenters. The maximum Gasteiger partial charge on any atom is 0.240 e. The summed E-state index contributed by atoms with van der Waals surface area (Å²) < 4.78 is 0. The molecule has 25 heavy (non-hydrogen) atoms. The molecular formula is C18H18N4OS2. The fourth-order valence-corrected chi connectivity index (χ4v) is 4.50. The summed E-state index contributed by atoms with van der Waals surface area (Å²) in [6.45, 7) is 2.67. The van der Waals surface area contributed by atoms with Gasteiger partial charge in [0.1, 0.15) is 5.82 Å². The third-order valence-corrected chi connectivity index (χ3v) is 6.04. The normalized spacial score (nSPS) is 14.5. The number of carbonyl (C=O) groups excluding carboxylic acids is 1. The Morgan fingerprint density at radius 1 is 1.36 bits per heavy atom. The van der Waals surface area contributed by atoms with E-state index >= 15 is 0 Å². The third kappa shape index (κ3) is 3.48. The summed E-state index contributed by atoms with van der Waals surface area (Å²) in [5.74, 6) is 0.940. The first kappa shape index (κ1) is 16.4. The molecule has 0 spiro atoms. The van der Waals surface area contributed by atoms with Crippen molar-refractivity contribution in [1.82, 2.24) is 15.2 Å². The van der Waals surface area contributed by atoms with Crippen LogP contribution in [0.5, 0.6) is 0 Å². The zero-order valence-electron chi connectivity index (χ0n) is 13.8. The summed E-state index contributed by atoms with van der Waals surface area (Å²) in [4.78, 5) is 20.4. The van der Waals surface area contributed by atoms with Crippen molar-refractivity contribution >= 4 is 34.7 Å². The number of hydrogen-bond acceptors (Lipinski definition) is 5. The lowest BCUT2D eigenvalue weighted by molar-refractivity contribution is -0.117. The average molecular weight is 371 g/mol. The molecule has 1 aliphatic rings. The number of rotatable bonds is 5. The van der Waals surface area contributed by atoms with Crippen molar-refractivity contribution in [1.29, 1.82) is 0 Å². The van der Waals surface area contributed by atoms with Gasteiger partial charge >= 0.3 is 0 Å². The van der Waals surface area contributed by atoms with Crippen LogP contribution >= 0.6 is 23.1 Å². The lowest BCUT2D eigenvalue weighted by Gasteiger charge is -2.20. The fourth-order valence-electron chi connectivity index (χ4n) is 2.98. The molecule has 5 nitrogen and oxygen atoms in total. The second kappa shape index (κ2) is 7.01.